The molecular formula is C4H11NaO7. The van der Waals surface area contributed by atoms with E-state index in [2.05, 4.69) is 0 Å². The summed E-state index contributed by atoms with van der Waals surface area (Å²) in [4.78, 5) is 19.1. The van der Waals surface area contributed by atoms with E-state index in [1.165, 1.54) is 0 Å². The predicted octanol–water partition coefficient (Wildman–Crippen LogP) is -6.87. The van der Waals surface area contributed by atoms with Crippen LogP contribution in [0.1, 0.15) is 12.8 Å². The Kier molecular flexibility index (Phi) is 42.3. The average Bonchev–Trinajstić information content (AvgIpc) is 1.61. The normalized spacial score (nSPS) is 5.67. The number of hydrogen-bond acceptors (Lipinski definition) is 3. The third kappa shape index (κ3) is 32.9. The van der Waals surface area contributed by atoms with Gasteiger partial charge in [0.25, 0.3) is 0 Å². The van der Waals surface area contributed by atoms with Gasteiger partial charge in [-0.05, 0) is 6.42 Å². The summed E-state index contributed by atoms with van der Waals surface area (Å²) in [6.07, 6.45) is -0.766. The summed E-state index contributed by atoms with van der Waals surface area (Å²) < 4.78 is 0. The zero-order valence-electron chi connectivity index (χ0n) is 6.59. The van der Waals surface area contributed by atoms with Gasteiger partial charge >= 0.3 is 35.5 Å². The van der Waals surface area contributed by atoms with E-state index in [-0.39, 0.29) is 52.4 Å². The number of carboxylic acid groups (broad SMARTS) is 2. The SMILES string of the molecule is O.O.O.O=C([O-])CCC(=O)O.[Na+]. The molecule has 0 fully saturated rings. The molecule has 0 radical (unpaired) electrons. The average molecular weight is 194 g/mol. The molecule has 0 saturated carbocycles. The number of hydrogen-bond donors (Lipinski definition) is 1. The summed E-state index contributed by atoms with van der Waals surface area (Å²) in [6.45, 7) is 0. The second-order valence-electron chi connectivity index (χ2n) is 1.27. The Morgan fingerprint density at radius 3 is 1.50 bits per heavy atom. The van der Waals surface area contributed by atoms with Gasteiger partial charge in [0.05, 0.1) is 6.42 Å². The Bertz CT molecular complexity index is 100.0. The van der Waals surface area contributed by atoms with Crippen LogP contribution in [-0.2, 0) is 9.59 Å². The smallest absolute Gasteiger partial charge is 0.550 e. The molecule has 0 aliphatic carbocycles. The van der Waals surface area contributed by atoms with Crippen LogP contribution in [0.15, 0.2) is 0 Å². The molecule has 0 rings (SSSR count). The Morgan fingerprint density at radius 1 is 1.08 bits per heavy atom. The molecule has 12 heavy (non-hydrogen) atoms. The van der Waals surface area contributed by atoms with Crippen LogP contribution in [-0.4, -0.2) is 33.5 Å². The van der Waals surface area contributed by atoms with Crippen LogP contribution >= 0.6 is 0 Å². The van der Waals surface area contributed by atoms with Gasteiger partial charge in [0, 0.05) is 5.97 Å². The first-order valence-corrected chi connectivity index (χ1v) is 2.04. The molecule has 8 heteroatoms. The number of carbonyl (C=O) groups is 2. The third-order valence-corrected chi connectivity index (χ3v) is 0.543. The quantitative estimate of drug-likeness (QED) is 0.440. The van der Waals surface area contributed by atoms with Crippen molar-refractivity contribution in [2.75, 3.05) is 0 Å². The molecule has 0 bridgehead atoms. The molecule has 0 heterocycles. The largest absolute Gasteiger partial charge is 1.00 e. The zero-order valence-corrected chi connectivity index (χ0v) is 8.59. The monoisotopic (exact) mass is 194 g/mol. The van der Waals surface area contributed by atoms with Crippen LogP contribution in [0.5, 0.6) is 0 Å². The van der Waals surface area contributed by atoms with Gasteiger partial charge in [-0.15, -0.1) is 0 Å². The number of aliphatic carboxylic acids is 2. The molecule has 0 saturated heterocycles. The maximum absolute atomic E-state index is 9.61. The van der Waals surface area contributed by atoms with Gasteiger partial charge in [-0.25, -0.2) is 0 Å². The number of rotatable bonds is 3. The minimum atomic E-state index is -1.33. The van der Waals surface area contributed by atoms with Crippen molar-refractivity contribution in [3.05, 3.63) is 0 Å². The molecule has 0 aromatic carbocycles. The Balaban J connectivity index is -0.0000000408. The fourth-order valence-corrected chi connectivity index (χ4v) is 0.209. The molecule has 7 nitrogen and oxygen atoms in total. The van der Waals surface area contributed by atoms with Crippen molar-refractivity contribution in [1.29, 1.82) is 0 Å². The van der Waals surface area contributed by atoms with Crippen LogP contribution in [0, 0.1) is 0 Å². The Morgan fingerprint density at radius 2 is 1.42 bits per heavy atom. The van der Waals surface area contributed by atoms with Gasteiger partial charge in [-0.3, -0.25) is 4.79 Å². The Hall–Kier alpha value is -0.180. The summed E-state index contributed by atoms with van der Waals surface area (Å²) >= 11 is 0. The number of carboxylic acids is 2. The van der Waals surface area contributed by atoms with Crippen molar-refractivity contribution in [1.82, 2.24) is 0 Å². The second kappa shape index (κ2) is 17.1. The first kappa shape index (κ1) is 29.8. The van der Waals surface area contributed by atoms with Gasteiger partial charge < -0.3 is 31.4 Å². The van der Waals surface area contributed by atoms with E-state index in [9.17, 15) is 14.7 Å². The van der Waals surface area contributed by atoms with Crippen LogP contribution in [0.25, 0.3) is 0 Å². The standard InChI is InChI=1S/C4H6O4.Na.3H2O/c5-3(6)1-2-4(7)8;;;;/h1-2H2,(H,5,6)(H,7,8);;3*1H2/q;+1;;;/p-1. The maximum atomic E-state index is 9.61. The van der Waals surface area contributed by atoms with Gasteiger partial charge in [0.1, 0.15) is 0 Å². The molecule has 0 spiro atoms. The molecule has 7 N–H and O–H groups in total. The van der Waals surface area contributed by atoms with Crippen molar-refractivity contribution < 1.29 is 65.8 Å². The maximum Gasteiger partial charge on any atom is 1.00 e. The fourth-order valence-electron chi connectivity index (χ4n) is 0.209. The van der Waals surface area contributed by atoms with Crippen LogP contribution in [0.4, 0.5) is 0 Å². The van der Waals surface area contributed by atoms with Gasteiger partial charge in [0.2, 0.25) is 0 Å². The zero-order chi connectivity index (χ0) is 6.57. The van der Waals surface area contributed by atoms with Crippen LogP contribution in [0.2, 0.25) is 0 Å². The molecule has 0 atom stereocenters. The molecule has 0 aliphatic heterocycles. The van der Waals surface area contributed by atoms with E-state index in [4.69, 9.17) is 5.11 Å². The number of carbonyl (C=O) groups excluding carboxylic acids is 1. The van der Waals surface area contributed by atoms with E-state index >= 15 is 0 Å². The van der Waals surface area contributed by atoms with Crippen molar-refractivity contribution in [2.24, 2.45) is 0 Å². The van der Waals surface area contributed by atoms with Crippen LogP contribution < -0.4 is 34.7 Å². The molecule has 0 aromatic rings. The van der Waals surface area contributed by atoms with Crippen molar-refractivity contribution in [3.63, 3.8) is 0 Å². The summed E-state index contributed by atoms with van der Waals surface area (Å²) in [7, 11) is 0. The summed E-state index contributed by atoms with van der Waals surface area (Å²) in [6, 6.07) is 0. The first-order valence-electron chi connectivity index (χ1n) is 2.04. The third-order valence-electron chi connectivity index (χ3n) is 0.543. The molecule has 0 aliphatic rings. The Labute approximate surface area is 90.6 Å². The summed E-state index contributed by atoms with van der Waals surface area (Å²) in [5.41, 5.74) is 0. The van der Waals surface area contributed by atoms with Crippen molar-refractivity contribution >= 4 is 11.9 Å². The van der Waals surface area contributed by atoms with E-state index < -0.39 is 18.4 Å². The topological polar surface area (TPSA) is 172 Å². The summed E-state index contributed by atoms with van der Waals surface area (Å²) in [5, 5.41) is 17.4. The molecule has 70 valence electrons. The van der Waals surface area contributed by atoms with Crippen LogP contribution in [0.3, 0.4) is 0 Å². The minimum Gasteiger partial charge on any atom is -0.550 e. The second-order valence-corrected chi connectivity index (χ2v) is 1.27. The molecule has 0 amide bonds. The van der Waals surface area contributed by atoms with Gasteiger partial charge in [-0.2, -0.15) is 0 Å². The fraction of sp³-hybridized carbons (Fsp3) is 0.500. The first-order chi connectivity index (χ1) is 3.63. The van der Waals surface area contributed by atoms with E-state index in [1.54, 1.807) is 0 Å². The van der Waals surface area contributed by atoms with E-state index in [0.29, 0.717) is 0 Å². The molecule has 0 aromatic heterocycles. The molecular weight excluding hydrogens is 183 g/mol. The van der Waals surface area contributed by atoms with E-state index in [0.717, 1.165) is 0 Å². The molecule has 0 unspecified atom stereocenters. The minimum absolute atomic E-state index is 0. The predicted molar refractivity (Wildman–Crippen MR) is 32.7 cm³/mol. The van der Waals surface area contributed by atoms with Crippen molar-refractivity contribution in [3.8, 4) is 0 Å². The van der Waals surface area contributed by atoms with Gasteiger partial charge in [-0.1, -0.05) is 0 Å². The van der Waals surface area contributed by atoms with E-state index in [1.807, 2.05) is 0 Å². The van der Waals surface area contributed by atoms with Gasteiger partial charge in [0.15, 0.2) is 0 Å². The summed E-state index contributed by atoms with van der Waals surface area (Å²) in [5.74, 6) is -2.44. The van der Waals surface area contributed by atoms with Crippen molar-refractivity contribution in [2.45, 2.75) is 12.8 Å².